The number of fused-ring (bicyclic) bond motifs is 1. The first-order valence-electron chi connectivity index (χ1n) is 8.61. The molecule has 7 heteroatoms. The summed E-state index contributed by atoms with van der Waals surface area (Å²) in [6.07, 6.45) is 0. The Balaban J connectivity index is 1.78. The molecule has 2 heterocycles. The standard InChI is InChI=1S/C21H16N2O4S/c1-12-17(24)15-8-5-9-16(20(25)22-10-14-11-28-21(26)23-14)19(15)27-18(12)13-6-3-2-4-7-13/h2-9,11H,10H2,1H3,(H,22,25)(H,23,26). The predicted molar refractivity (Wildman–Crippen MR) is 109 cm³/mol. The first kappa shape index (κ1) is 17.9. The van der Waals surface area contributed by atoms with Gasteiger partial charge in [-0.2, -0.15) is 0 Å². The van der Waals surface area contributed by atoms with E-state index in [1.54, 1.807) is 30.5 Å². The summed E-state index contributed by atoms with van der Waals surface area (Å²) >= 11 is 1.04. The molecule has 0 saturated carbocycles. The molecule has 0 aliphatic rings. The molecule has 6 nitrogen and oxygen atoms in total. The van der Waals surface area contributed by atoms with Crippen molar-refractivity contribution in [1.29, 1.82) is 0 Å². The molecule has 0 saturated heterocycles. The van der Waals surface area contributed by atoms with Gasteiger partial charge in [0.1, 0.15) is 5.76 Å². The monoisotopic (exact) mass is 392 g/mol. The molecule has 140 valence electrons. The Morgan fingerprint density at radius 1 is 1.11 bits per heavy atom. The van der Waals surface area contributed by atoms with Crippen LogP contribution in [0.5, 0.6) is 0 Å². The summed E-state index contributed by atoms with van der Waals surface area (Å²) in [7, 11) is 0. The number of carbonyl (C=O) groups is 1. The lowest BCUT2D eigenvalue weighted by molar-refractivity contribution is 0.0951. The second-order valence-electron chi connectivity index (χ2n) is 6.29. The normalized spacial score (nSPS) is 10.9. The molecule has 0 aliphatic heterocycles. The number of carbonyl (C=O) groups excluding carboxylic acids is 1. The quantitative estimate of drug-likeness (QED) is 0.556. The van der Waals surface area contributed by atoms with Crippen molar-refractivity contribution in [3.63, 3.8) is 0 Å². The van der Waals surface area contributed by atoms with Gasteiger partial charge in [-0.3, -0.25) is 14.4 Å². The molecule has 2 aromatic carbocycles. The van der Waals surface area contributed by atoms with Crippen LogP contribution in [0.3, 0.4) is 0 Å². The highest BCUT2D eigenvalue weighted by Gasteiger charge is 2.18. The van der Waals surface area contributed by atoms with Gasteiger partial charge in [0.25, 0.3) is 5.91 Å². The zero-order chi connectivity index (χ0) is 19.7. The SMILES string of the molecule is Cc1c(-c2ccccc2)oc2c(C(=O)NCc3csc(=O)[nH]3)cccc2c1=O. The maximum atomic E-state index is 12.8. The lowest BCUT2D eigenvalue weighted by Gasteiger charge is -2.10. The zero-order valence-corrected chi connectivity index (χ0v) is 15.8. The summed E-state index contributed by atoms with van der Waals surface area (Å²) in [5.41, 5.74) is 2.22. The molecule has 0 unspecified atom stereocenters. The van der Waals surface area contributed by atoms with Gasteiger partial charge in [-0.1, -0.05) is 47.7 Å². The number of H-pyrrole nitrogens is 1. The maximum Gasteiger partial charge on any atom is 0.304 e. The maximum absolute atomic E-state index is 12.8. The molecule has 28 heavy (non-hydrogen) atoms. The summed E-state index contributed by atoms with van der Waals surface area (Å²) in [6, 6.07) is 14.2. The number of para-hydroxylation sites is 1. The fourth-order valence-corrected chi connectivity index (χ4v) is 3.61. The van der Waals surface area contributed by atoms with E-state index in [2.05, 4.69) is 10.3 Å². The molecule has 0 fully saturated rings. The molecule has 0 spiro atoms. The number of thiazole rings is 1. The second kappa shape index (κ2) is 7.28. The van der Waals surface area contributed by atoms with Crippen molar-refractivity contribution in [2.24, 2.45) is 0 Å². The Kier molecular flexibility index (Phi) is 4.67. The average molecular weight is 392 g/mol. The predicted octanol–water partition coefficient (Wildman–Crippen LogP) is 3.45. The van der Waals surface area contributed by atoms with Gasteiger partial charge in [-0.15, -0.1) is 0 Å². The van der Waals surface area contributed by atoms with Gasteiger partial charge < -0.3 is 14.7 Å². The summed E-state index contributed by atoms with van der Waals surface area (Å²) < 4.78 is 6.05. The van der Waals surface area contributed by atoms with Crippen molar-refractivity contribution in [2.75, 3.05) is 0 Å². The third-order valence-electron chi connectivity index (χ3n) is 4.44. The van der Waals surface area contributed by atoms with Crippen molar-refractivity contribution < 1.29 is 9.21 Å². The molecule has 0 aliphatic carbocycles. The van der Waals surface area contributed by atoms with E-state index in [-0.39, 0.29) is 33.9 Å². The van der Waals surface area contributed by atoms with Crippen molar-refractivity contribution >= 4 is 28.2 Å². The first-order valence-corrected chi connectivity index (χ1v) is 9.49. The summed E-state index contributed by atoms with van der Waals surface area (Å²) in [5, 5.41) is 4.76. The summed E-state index contributed by atoms with van der Waals surface area (Å²) in [6.45, 7) is 1.89. The van der Waals surface area contributed by atoms with Crippen LogP contribution in [0.1, 0.15) is 21.6 Å². The fourth-order valence-electron chi connectivity index (χ4n) is 3.02. The van der Waals surface area contributed by atoms with Gasteiger partial charge in [-0.25, -0.2) is 0 Å². The van der Waals surface area contributed by atoms with Crippen LogP contribution < -0.4 is 15.6 Å². The molecule has 4 rings (SSSR count). The Bertz CT molecular complexity index is 1290. The Morgan fingerprint density at radius 3 is 2.61 bits per heavy atom. The number of amides is 1. The molecule has 2 aromatic heterocycles. The minimum atomic E-state index is -0.385. The average Bonchev–Trinajstić information content (AvgIpc) is 3.14. The molecular weight excluding hydrogens is 376 g/mol. The molecule has 2 N–H and O–H groups in total. The molecule has 0 atom stereocenters. The van der Waals surface area contributed by atoms with E-state index in [1.165, 1.54) is 0 Å². The topological polar surface area (TPSA) is 92.2 Å². The molecule has 0 bridgehead atoms. The highest BCUT2D eigenvalue weighted by molar-refractivity contribution is 7.07. The lowest BCUT2D eigenvalue weighted by Crippen LogP contribution is -2.24. The number of benzene rings is 2. The fraction of sp³-hybridized carbons (Fsp3) is 0.0952. The minimum Gasteiger partial charge on any atom is -0.455 e. The number of rotatable bonds is 4. The summed E-state index contributed by atoms with van der Waals surface area (Å²) in [4.78, 5) is 39.3. The Morgan fingerprint density at radius 2 is 1.89 bits per heavy atom. The Hall–Kier alpha value is -3.45. The van der Waals surface area contributed by atoms with Crippen LogP contribution >= 0.6 is 11.3 Å². The molecule has 1 amide bonds. The molecular formula is C21H16N2O4S. The Labute approximate surface area is 163 Å². The molecule has 4 aromatic rings. The van der Waals surface area contributed by atoms with Crippen LogP contribution in [-0.2, 0) is 6.54 Å². The number of nitrogens with one attached hydrogen (secondary N) is 2. The lowest BCUT2D eigenvalue weighted by atomic mass is 10.0. The number of aromatic amines is 1. The zero-order valence-electron chi connectivity index (χ0n) is 14.9. The van der Waals surface area contributed by atoms with E-state index >= 15 is 0 Å². The van der Waals surface area contributed by atoms with E-state index in [4.69, 9.17) is 4.42 Å². The van der Waals surface area contributed by atoms with Gasteiger partial charge in [0.15, 0.2) is 11.0 Å². The largest absolute Gasteiger partial charge is 0.455 e. The summed E-state index contributed by atoms with van der Waals surface area (Å²) in [5.74, 6) is 0.0594. The highest BCUT2D eigenvalue weighted by atomic mass is 32.1. The van der Waals surface area contributed by atoms with Crippen LogP contribution in [-0.4, -0.2) is 10.9 Å². The van der Waals surface area contributed by atoms with Crippen LogP contribution in [0.25, 0.3) is 22.3 Å². The highest BCUT2D eigenvalue weighted by Crippen LogP contribution is 2.27. The molecule has 0 radical (unpaired) electrons. The van der Waals surface area contributed by atoms with Crippen LogP contribution in [0.2, 0.25) is 0 Å². The minimum absolute atomic E-state index is 0.170. The third kappa shape index (κ3) is 3.27. The third-order valence-corrected chi connectivity index (χ3v) is 5.15. The number of aromatic nitrogens is 1. The second-order valence-corrected chi connectivity index (χ2v) is 7.13. The van der Waals surface area contributed by atoms with Crippen molar-refractivity contribution in [1.82, 2.24) is 10.3 Å². The van der Waals surface area contributed by atoms with E-state index in [1.807, 2.05) is 30.3 Å². The van der Waals surface area contributed by atoms with Gasteiger partial charge in [0.05, 0.1) is 17.5 Å². The van der Waals surface area contributed by atoms with Gasteiger partial charge in [-0.05, 0) is 19.1 Å². The van der Waals surface area contributed by atoms with Crippen LogP contribution in [0.15, 0.2) is 67.9 Å². The van der Waals surface area contributed by atoms with Gasteiger partial charge >= 0.3 is 4.87 Å². The van der Waals surface area contributed by atoms with E-state index in [0.717, 1.165) is 16.9 Å². The van der Waals surface area contributed by atoms with Crippen molar-refractivity contribution in [2.45, 2.75) is 13.5 Å². The van der Waals surface area contributed by atoms with Crippen molar-refractivity contribution in [3.8, 4) is 11.3 Å². The smallest absolute Gasteiger partial charge is 0.304 e. The van der Waals surface area contributed by atoms with Gasteiger partial charge in [0.2, 0.25) is 0 Å². The van der Waals surface area contributed by atoms with E-state index in [9.17, 15) is 14.4 Å². The van der Waals surface area contributed by atoms with Crippen LogP contribution in [0.4, 0.5) is 0 Å². The number of hydrogen-bond acceptors (Lipinski definition) is 5. The van der Waals surface area contributed by atoms with E-state index < -0.39 is 0 Å². The van der Waals surface area contributed by atoms with E-state index in [0.29, 0.717) is 22.4 Å². The van der Waals surface area contributed by atoms with Crippen molar-refractivity contribution in [3.05, 3.63) is 90.6 Å². The number of hydrogen-bond donors (Lipinski definition) is 2. The van der Waals surface area contributed by atoms with Gasteiger partial charge in [0, 0.05) is 22.2 Å². The van der Waals surface area contributed by atoms with Crippen LogP contribution in [0, 0.1) is 6.92 Å². The first-order chi connectivity index (χ1) is 13.5.